The highest BCUT2D eigenvalue weighted by molar-refractivity contribution is 9.10. The van der Waals surface area contributed by atoms with E-state index in [9.17, 15) is 0 Å². The molecular formula is C12H11BrN4S. The van der Waals surface area contributed by atoms with E-state index in [1.165, 1.54) is 11.8 Å². The number of nitrogens with zero attached hydrogens (tertiary/aromatic N) is 2. The van der Waals surface area contributed by atoms with Crippen LogP contribution in [0.25, 0.3) is 0 Å². The van der Waals surface area contributed by atoms with Gasteiger partial charge in [-0.15, -0.1) is 0 Å². The molecule has 2 rings (SSSR count). The first kappa shape index (κ1) is 13.0. The largest absolute Gasteiger partial charge is 0.384 e. The second-order valence-electron chi connectivity index (χ2n) is 3.70. The van der Waals surface area contributed by atoms with Crippen molar-refractivity contribution in [2.24, 2.45) is 5.73 Å². The van der Waals surface area contributed by atoms with E-state index in [1.54, 1.807) is 12.4 Å². The summed E-state index contributed by atoms with van der Waals surface area (Å²) in [6.07, 6.45) is 3.53. The average molecular weight is 323 g/mol. The molecule has 0 amide bonds. The summed E-state index contributed by atoms with van der Waals surface area (Å²) in [4.78, 5) is 9.32. The van der Waals surface area contributed by atoms with Crippen LogP contribution in [-0.4, -0.2) is 15.8 Å². The van der Waals surface area contributed by atoms with Crippen LogP contribution in [0.2, 0.25) is 0 Å². The summed E-state index contributed by atoms with van der Waals surface area (Å²) < 4.78 is 0.891. The van der Waals surface area contributed by atoms with Gasteiger partial charge >= 0.3 is 0 Å². The molecule has 0 radical (unpaired) electrons. The van der Waals surface area contributed by atoms with Crippen LogP contribution in [0.1, 0.15) is 11.1 Å². The van der Waals surface area contributed by atoms with E-state index in [4.69, 9.17) is 11.1 Å². The van der Waals surface area contributed by atoms with Crippen molar-refractivity contribution < 1.29 is 0 Å². The lowest BCUT2D eigenvalue weighted by Gasteiger charge is -2.07. The maximum absolute atomic E-state index is 7.58. The summed E-state index contributed by atoms with van der Waals surface area (Å²) in [6.45, 7) is 1.94. The van der Waals surface area contributed by atoms with Crippen molar-refractivity contribution in [3.05, 3.63) is 46.2 Å². The first-order chi connectivity index (χ1) is 8.56. The predicted molar refractivity (Wildman–Crippen MR) is 76.1 cm³/mol. The van der Waals surface area contributed by atoms with Gasteiger partial charge in [0.25, 0.3) is 0 Å². The monoisotopic (exact) mass is 322 g/mol. The molecule has 0 aliphatic rings. The predicted octanol–water partition coefficient (Wildman–Crippen LogP) is 2.98. The Hall–Kier alpha value is -1.40. The number of benzene rings is 1. The summed E-state index contributed by atoms with van der Waals surface area (Å²) in [6, 6.07) is 5.62. The molecule has 0 unspecified atom stereocenters. The van der Waals surface area contributed by atoms with Crippen molar-refractivity contribution >= 4 is 33.5 Å². The quantitative estimate of drug-likeness (QED) is 0.517. The Kier molecular flexibility index (Phi) is 3.98. The number of aryl methyl sites for hydroxylation is 1. The smallest absolute Gasteiger partial charge is 0.192 e. The third-order valence-electron chi connectivity index (χ3n) is 2.19. The van der Waals surface area contributed by atoms with Crippen LogP contribution in [0.5, 0.6) is 0 Å². The lowest BCUT2D eigenvalue weighted by molar-refractivity contribution is 0.950. The lowest BCUT2D eigenvalue weighted by atomic mass is 10.2. The minimum absolute atomic E-state index is 0.0333. The normalized spacial score (nSPS) is 10.3. The Morgan fingerprint density at radius 1 is 1.33 bits per heavy atom. The van der Waals surface area contributed by atoms with Crippen molar-refractivity contribution in [1.82, 2.24) is 9.97 Å². The third-order valence-corrected chi connectivity index (χ3v) is 3.65. The standard InChI is InChI=1S/C12H11BrN4S/c1-7-5-16-12(17-6-7)18-10-3-2-8(13)4-9(10)11(14)15/h2-6H,1H3,(H3,14,15). The Balaban J connectivity index is 2.34. The van der Waals surface area contributed by atoms with Gasteiger partial charge in [-0.05, 0) is 42.4 Å². The van der Waals surface area contributed by atoms with Crippen LogP contribution < -0.4 is 5.73 Å². The topological polar surface area (TPSA) is 75.7 Å². The van der Waals surface area contributed by atoms with E-state index in [2.05, 4.69) is 25.9 Å². The molecule has 0 fully saturated rings. The van der Waals surface area contributed by atoms with E-state index in [1.807, 2.05) is 25.1 Å². The number of rotatable bonds is 3. The molecule has 1 aromatic carbocycles. The number of hydrogen-bond acceptors (Lipinski definition) is 4. The summed E-state index contributed by atoms with van der Waals surface area (Å²) in [7, 11) is 0. The number of hydrogen-bond donors (Lipinski definition) is 2. The van der Waals surface area contributed by atoms with Gasteiger partial charge in [0.2, 0.25) is 0 Å². The summed E-state index contributed by atoms with van der Waals surface area (Å²) in [5.74, 6) is 0.0333. The molecule has 1 heterocycles. The first-order valence-electron chi connectivity index (χ1n) is 5.16. The van der Waals surface area contributed by atoms with Gasteiger partial charge in [0.05, 0.1) is 0 Å². The Morgan fingerprint density at radius 3 is 2.61 bits per heavy atom. The lowest BCUT2D eigenvalue weighted by Crippen LogP contribution is -2.12. The van der Waals surface area contributed by atoms with Crippen molar-refractivity contribution in [2.45, 2.75) is 17.0 Å². The van der Waals surface area contributed by atoms with E-state index < -0.39 is 0 Å². The highest BCUT2D eigenvalue weighted by Crippen LogP contribution is 2.29. The van der Waals surface area contributed by atoms with E-state index in [-0.39, 0.29) is 5.84 Å². The van der Waals surface area contributed by atoms with Gasteiger partial charge in [-0.1, -0.05) is 15.9 Å². The summed E-state index contributed by atoms with van der Waals surface area (Å²) >= 11 is 4.76. The van der Waals surface area contributed by atoms with E-state index >= 15 is 0 Å². The number of nitrogen functional groups attached to an aromatic ring is 1. The van der Waals surface area contributed by atoms with Crippen molar-refractivity contribution in [3.63, 3.8) is 0 Å². The molecule has 6 heteroatoms. The van der Waals surface area contributed by atoms with Crippen LogP contribution in [0.3, 0.4) is 0 Å². The van der Waals surface area contributed by atoms with Gasteiger partial charge in [0, 0.05) is 27.3 Å². The molecule has 92 valence electrons. The minimum Gasteiger partial charge on any atom is -0.384 e. The summed E-state index contributed by atoms with van der Waals surface area (Å²) in [5, 5.41) is 8.22. The molecule has 18 heavy (non-hydrogen) atoms. The molecule has 1 aromatic heterocycles. The molecule has 0 spiro atoms. The van der Waals surface area contributed by atoms with Crippen molar-refractivity contribution in [2.75, 3.05) is 0 Å². The fraction of sp³-hybridized carbons (Fsp3) is 0.0833. The van der Waals surface area contributed by atoms with Crippen LogP contribution in [0.4, 0.5) is 0 Å². The maximum atomic E-state index is 7.58. The molecule has 0 atom stereocenters. The zero-order chi connectivity index (χ0) is 13.1. The zero-order valence-corrected chi connectivity index (χ0v) is 12.0. The molecule has 2 aromatic rings. The number of nitrogens with one attached hydrogen (secondary N) is 1. The van der Waals surface area contributed by atoms with Crippen LogP contribution >= 0.6 is 27.7 Å². The van der Waals surface area contributed by atoms with Crippen LogP contribution in [0.15, 0.2) is 45.1 Å². The minimum atomic E-state index is 0.0333. The van der Waals surface area contributed by atoms with Gasteiger partial charge in [-0.3, -0.25) is 5.41 Å². The molecule has 3 N–H and O–H groups in total. The molecule has 0 saturated carbocycles. The number of amidine groups is 1. The molecule has 0 saturated heterocycles. The van der Waals surface area contributed by atoms with E-state index in [0.29, 0.717) is 10.7 Å². The van der Waals surface area contributed by atoms with Crippen molar-refractivity contribution in [3.8, 4) is 0 Å². The zero-order valence-electron chi connectivity index (χ0n) is 9.64. The molecule has 0 bridgehead atoms. The molecule has 4 nitrogen and oxygen atoms in total. The number of nitrogens with two attached hydrogens (primary N) is 1. The van der Waals surface area contributed by atoms with Crippen LogP contribution in [-0.2, 0) is 0 Å². The van der Waals surface area contributed by atoms with Gasteiger partial charge < -0.3 is 5.73 Å². The third kappa shape index (κ3) is 3.08. The highest BCUT2D eigenvalue weighted by atomic mass is 79.9. The highest BCUT2D eigenvalue weighted by Gasteiger charge is 2.09. The van der Waals surface area contributed by atoms with Gasteiger partial charge in [-0.25, -0.2) is 9.97 Å². The van der Waals surface area contributed by atoms with E-state index in [0.717, 1.165) is 14.9 Å². The van der Waals surface area contributed by atoms with Crippen LogP contribution in [0, 0.1) is 12.3 Å². The SMILES string of the molecule is Cc1cnc(Sc2ccc(Br)cc2C(=N)N)nc1. The Morgan fingerprint density at radius 2 is 2.00 bits per heavy atom. The maximum Gasteiger partial charge on any atom is 0.192 e. The molecule has 0 aliphatic carbocycles. The average Bonchev–Trinajstić information content (AvgIpc) is 2.34. The number of halogens is 1. The van der Waals surface area contributed by atoms with Gasteiger partial charge in [0.15, 0.2) is 5.16 Å². The second kappa shape index (κ2) is 5.49. The summed E-state index contributed by atoms with van der Waals surface area (Å²) in [5.41, 5.74) is 7.26. The fourth-order valence-corrected chi connectivity index (χ4v) is 2.52. The van der Waals surface area contributed by atoms with Gasteiger partial charge in [0.1, 0.15) is 5.84 Å². The second-order valence-corrected chi connectivity index (χ2v) is 5.62. The van der Waals surface area contributed by atoms with Crippen molar-refractivity contribution in [1.29, 1.82) is 5.41 Å². The molecular weight excluding hydrogens is 312 g/mol. The Labute approximate surface area is 118 Å². The number of aromatic nitrogens is 2. The first-order valence-corrected chi connectivity index (χ1v) is 6.77. The molecule has 0 aliphatic heterocycles. The fourth-order valence-electron chi connectivity index (χ4n) is 1.33. The Bertz CT molecular complexity index is 583. The van der Waals surface area contributed by atoms with Gasteiger partial charge in [-0.2, -0.15) is 0 Å².